The molecule has 0 amide bonds. The lowest BCUT2D eigenvalue weighted by Crippen LogP contribution is -2.06. The molecule has 0 spiro atoms. The Morgan fingerprint density at radius 2 is 1.65 bits per heavy atom. The van der Waals surface area contributed by atoms with Crippen molar-refractivity contribution in [1.29, 1.82) is 0 Å². The number of aliphatic hydroxyl groups is 1. The smallest absolute Gasteiger partial charge is 0.305 e. The van der Waals surface area contributed by atoms with Crippen molar-refractivity contribution in [3.8, 4) is 0 Å². The van der Waals surface area contributed by atoms with Crippen LogP contribution in [0.3, 0.4) is 0 Å². The predicted octanol–water partition coefficient (Wildman–Crippen LogP) is 3.44. The van der Waals surface area contributed by atoms with Crippen molar-refractivity contribution >= 4 is 5.97 Å². The minimum absolute atomic E-state index is 0.134. The molecule has 0 saturated carbocycles. The first-order valence-corrected chi connectivity index (χ1v) is 6.95. The average Bonchev–Trinajstić information content (AvgIpc) is 2.34. The van der Waals surface area contributed by atoms with Crippen molar-refractivity contribution in [3.63, 3.8) is 0 Å². The first kappa shape index (κ1) is 16.4. The van der Waals surface area contributed by atoms with E-state index in [-0.39, 0.29) is 12.1 Å². The first-order chi connectivity index (χ1) is 8.20. The summed E-state index contributed by atoms with van der Waals surface area (Å²) in [5.41, 5.74) is 0. The van der Waals surface area contributed by atoms with Crippen LogP contribution in [0.2, 0.25) is 0 Å². The average molecular weight is 244 g/mol. The molecule has 0 aromatic carbocycles. The second kappa shape index (κ2) is 11.9. The molecule has 0 aliphatic rings. The van der Waals surface area contributed by atoms with Crippen LogP contribution in [0.5, 0.6) is 0 Å². The highest BCUT2D eigenvalue weighted by atomic mass is 16.5. The van der Waals surface area contributed by atoms with E-state index in [4.69, 9.17) is 0 Å². The van der Waals surface area contributed by atoms with Gasteiger partial charge < -0.3 is 9.84 Å². The van der Waals surface area contributed by atoms with Crippen LogP contribution in [0, 0.1) is 0 Å². The van der Waals surface area contributed by atoms with Gasteiger partial charge >= 0.3 is 5.97 Å². The highest BCUT2D eigenvalue weighted by Crippen LogP contribution is 2.12. The van der Waals surface area contributed by atoms with Gasteiger partial charge in [-0.25, -0.2) is 0 Å². The van der Waals surface area contributed by atoms with Crippen molar-refractivity contribution in [2.75, 3.05) is 7.11 Å². The van der Waals surface area contributed by atoms with Gasteiger partial charge in [-0.15, -0.1) is 0 Å². The third-order valence-corrected chi connectivity index (χ3v) is 3.04. The van der Waals surface area contributed by atoms with Gasteiger partial charge in [0.25, 0.3) is 0 Å². The summed E-state index contributed by atoms with van der Waals surface area (Å²) >= 11 is 0. The van der Waals surface area contributed by atoms with Crippen LogP contribution >= 0.6 is 0 Å². The summed E-state index contributed by atoms with van der Waals surface area (Å²) in [6, 6.07) is 0. The van der Waals surface area contributed by atoms with Crippen LogP contribution in [0.15, 0.2) is 0 Å². The molecule has 0 bridgehead atoms. The zero-order chi connectivity index (χ0) is 12.9. The van der Waals surface area contributed by atoms with E-state index < -0.39 is 0 Å². The van der Waals surface area contributed by atoms with Crippen LogP contribution in [-0.4, -0.2) is 24.3 Å². The van der Waals surface area contributed by atoms with E-state index in [2.05, 4.69) is 11.7 Å². The molecule has 3 nitrogen and oxygen atoms in total. The van der Waals surface area contributed by atoms with Crippen LogP contribution in [0.4, 0.5) is 0 Å². The molecule has 0 fully saturated rings. The number of aliphatic hydroxyl groups excluding tert-OH is 1. The monoisotopic (exact) mass is 244 g/mol. The van der Waals surface area contributed by atoms with Gasteiger partial charge in [0.15, 0.2) is 0 Å². The lowest BCUT2D eigenvalue weighted by molar-refractivity contribution is -0.140. The molecule has 0 saturated heterocycles. The zero-order valence-corrected chi connectivity index (χ0v) is 11.4. The van der Waals surface area contributed by atoms with Gasteiger partial charge in [0.1, 0.15) is 0 Å². The summed E-state index contributed by atoms with van der Waals surface area (Å²) in [7, 11) is 1.42. The second-order valence-corrected chi connectivity index (χ2v) is 4.68. The molecular formula is C14H28O3. The zero-order valence-electron chi connectivity index (χ0n) is 11.4. The maximum absolute atomic E-state index is 10.8. The van der Waals surface area contributed by atoms with E-state index >= 15 is 0 Å². The van der Waals surface area contributed by atoms with Gasteiger partial charge in [-0.1, -0.05) is 45.4 Å². The molecule has 1 unspecified atom stereocenters. The number of esters is 1. The Morgan fingerprint density at radius 1 is 1.06 bits per heavy atom. The number of ether oxygens (including phenoxy) is 1. The lowest BCUT2D eigenvalue weighted by Gasteiger charge is -2.09. The predicted molar refractivity (Wildman–Crippen MR) is 69.9 cm³/mol. The Balaban J connectivity index is 3.21. The molecule has 1 atom stereocenters. The molecular weight excluding hydrogens is 216 g/mol. The number of rotatable bonds is 11. The molecule has 17 heavy (non-hydrogen) atoms. The van der Waals surface area contributed by atoms with Crippen molar-refractivity contribution < 1.29 is 14.6 Å². The molecule has 0 aromatic heterocycles. The Labute approximate surface area is 106 Å². The topological polar surface area (TPSA) is 46.5 Å². The number of unbranched alkanes of at least 4 members (excludes halogenated alkanes) is 5. The van der Waals surface area contributed by atoms with E-state index in [0.717, 1.165) is 38.5 Å². The molecule has 0 aromatic rings. The summed E-state index contributed by atoms with van der Waals surface area (Å²) in [5.74, 6) is -0.134. The van der Waals surface area contributed by atoms with Crippen LogP contribution in [0.25, 0.3) is 0 Å². The fourth-order valence-electron chi connectivity index (χ4n) is 1.88. The molecule has 1 N–H and O–H groups in total. The third kappa shape index (κ3) is 11.7. The van der Waals surface area contributed by atoms with Gasteiger partial charge in [-0.3, -0.25) is 4.79 Å². The molecule has 0 heterocycles. The van der Waals surface area contributed by atoms with E-state index in [1.54, 1.807) is 0 Å². The molecule has 0 radical (unpaired) electrons. The Morgan fingerprint density at radius 3 is 2.18 bits per heavy atom. The van der Waals surface area contributed by atoms with Crippen LogP contribution < -0.4 is 0 Å². The summed E-state index contributed by atoms with van der Waals surface area (Å²) in [6.07, 6.45) is 9.91. The number of carbonyl (C=O) groups excluding carboxylic acids is 1. The Hall–Kier alpha value is -0.570. The number of hydrogen-bond donors (Lipinski definition) is 1. The standard InChI is InChI=1S/C14H28O3/c1-3-4-5-7-10-13(15)11-8-6-9-12-14(16)17-2/h13,15H,3-12H2,1-2H3. The van der Waals surface area contributed by atoms with Crippen molar-refractivity contribution in [2.45, 2.75) is 77.2 Å². The maximum atomic E-state index is 10.8. The molecule has 0 aliphatic carbocycles. The van der Waals surface area contributed by atoms with E-state index in [0.29, 0.717) is 6.42 Å². The van der Waals surface area contributed by atoms with E-state index in [1.807, 2.05) is 0 Å². The first-order valence-electron chi connectivity index (χ1n) is 6.95. The number of methoxy groups -OCH3 is 1. The van der Waals surface area contributed by atoms with Crippen molar-refractivity contribution in [3.05, 3.63) is 0 Å². The molecule has 102 valence electrons. The highest BCUT2D eigenvalue weighted by Gasteiger charge is 2.04. The third-order valence-electron chi connectivity index (χ3n) is 3.04. The van der Waals surface area contributed by atoms with Gasteiger partial charge in [-0.05, 0) is 19.3 Å². The normalized spacial score (nSPS) is 12.4. The SMILES string of the molecule is CCCCCCC(O)CCCCCC(=O)OC. The van der Waals surface area contributed by atoms with E-state index in [1.165, 1.54) is 26.4 Å². The minimum Gasteiger partial charge on any atom is -0.469 e. The number of carbonyl (C=O) groups is 1. The van der Waals surface area contributed by atoms with Gasteiger partial charge in [0.2, 0.25) is 0 Å². The maximum Gasteiger partial charge on any atom is 0.305 e. The summed E-state index contributed by atoms with van der Waals surface area (Å²) in [4.78, 5) is 10.8. The largest absolute Gasteiger partial charge is 0.469 e. The summed E-state index contributed by atoms with van der Waals surface area (Å²) in [5, 5.41) is 9.71. The molecule has 0 rings (SSSR count). The summed E-state index contributed by atoms with van der Waals surface area (Å²) in [6.45, 7) is 2.19. The van der Waals surface area contributed by atoms with E-state index in [9.17, 15) is 9.90 Å². The number of hydrogen-bond acceptors (Lipinski definition) is 3. The second-order valence-electron chi connectivity index (χ2n) is 4.68. The van der Waals surface area contributed by atoms with Crippen molar-refractivity contribution in [2.24, 2.45) is 0 Å². The van der Waals surface area contributed by atoms with Gasteiger partial charge in [-0.2, -0.15) is 0 Å². The quantitative estimate of drug-likeness (QED) is 0.447. The minimum atomic E-state index is -0.148. The lowest BCUT2D eigenvalue weighted by atomic mass is 10.0. The van der Waals surface area contributed by atoms with Crippen molar-refractivity contribution in [1.82, 2.24) is 0 Å². The van der Waals surface area contributed by atoms with Crippen LogP contribution in [0.1, 0.15) is 71.1 Å². The Kier molecular flexibility index (Phi) is 11.5. The highest BCUT2D eigenvalue weighted by molar-refractivity contribution is 5.68. The van der Waals surface area contributed by atoms with Gasteiger partial charge in [0, 0.05) is 6.42 Å². The summed E-state index contributed by atoms with van der Waals surface area (Å²) < 4.78 is 4.57. The van der Waals surface area contributed by atoms with Gasteiger partial charge in [0.05, 0.1) is 13.2 Å². The fourth-order valence-corrected chi connectivity index (χ4v) is 1.88. The van der Waals surface area contributed by atoms with Crippen LogP contribution in [-0.2, 0) is 9.53 Å². The molecule has 0 aliphatic heterocycles. The fraction of sp³-hybridized carbons (Fsp3) is 0.929. The molecule has 3 heteroatoms. The Bertz CT molecular complexity index is 180.